The van der Waals surface area contributed by atoms with Gasteiger partial charge in [0.2, 0.25) is 5.75 Å². The molecule has 9 heteroatoms. The number of nitrogens with zero attached hydrogens (tertiary/aromatic N) is 3. The molecular weight excluding hydrogens is 487 g/mol. The van der Waals surface area contributed by atoms with Crippen molar-refractivity contribution in [1.82, 2.24) is 9.99 Å². The molecule has 0 radical (unpaired) electrons. The molecule has 0 unspecified atom stereocenters. The first kappa shape index (κ1) is 20.5. The molecule has 3 rings (SSSR count). The Bertz CT molecular complexity index is 1100. The van der Waals surface area contributed by atoms with Gasteiger partial charge in [0, 0.05) is 34.3 Å². The third-order valence-electron chi connectivity index (χ3n) is 4.30. The molecule has 2 N–H and O–H groups in total. The third-order valence-corrected chi connectivity index (χ3v) is 5.12. The lowest BCUT2D eigenvalue weighted by Gasteiger charge is -2.10. The summed E-state index contributed by atoms with van der Waals surface area (Å²) in [6.07, 6.45) is 1.29. The quantitative estimate of drug-likeness (QED) is 0.236. The predicted molar refractivity (Wildman–Crippen MR) is 118 cm³/mol. The van der Waals surface area contributed by atoms with E-state index in [0.717, 1.165) is 17.1 Å². The molecular formula is C20H17IN4O4. The Hall–Kier alpha value is -3.21. The molecule has 0 fully saturated rings. The lowest BCUT2D eigenvalue weighted by atomic mass is 10.2. The summed E-state index contributed by atoms with van der Waals surface area (Å²) in [5.74, 6) is -0.804. The van der Waals surface area contributed by atoms with Crippen LogP contribution in [0.15, 0.2) is 53.6 Å². The SMILES string of the molecule is Cc1ccc(C)n1-c1ccc(C(=O)NN=Cc2cc(I)c(O)c([N+](=O)[O-])c2)cc1. The van der Waals surface area contributed by atoms with Crippen molar-refractivity contribution < 1.29 is 14.8 Å². The number of amides is 1. The van der Waals surface area contributed by atoms with Crippen LogP contribution in [0.5, 0.6) is 5.75 Å². The van der Waals surface area contributed by atoms with Crippen LogP contribution in [0.4, 0.5) is 5.69 Å². The van der Waals surface area contributed by atoms with Gasteiger partial charge in [0.05, 0.1) is 14.7 Å². The largest absolute Gasteiger partial charge is 0.501 e. The zero-order valence-corrected chi connectivity index (χ0v) is 17.7. The first-order valence-electron chi connectivity index (χ1n) is 8.53. The summed E-state index contributed by atoms with van der Waals surface area (Å²) in [5.41, 5.74) is 5.94. The van der Waals surface area contributed by atoms with Crippen LogP contribution in [0.2, 0.25) is 0 Å². The molecule has 0 aliphatic carbocycles. The summed E-state index contributed by atoms with van der Waals surface area (Å²) < 4.78 is 2.40. The number of carbonyl (C=O) groups is 1. The number of rotatable bonds is 5. The average Bonchev–Trinajstić information content (AvgIpc) is 3.02. The van der Waals surface area contributed by atoms with E-state index in [4.69, 9.17) is 0 Å². The van der Waals surface area contributed by atoms with Gasteiger partial charge in [0.1, 0.15) is 0 Å². The van der Waals surface area contributed by atoms with Gasteiger partial charge in [-0.3, -0.25) is 14.9 Å². The summed E-state index contributed by atoms with van der Waals surface area (Å²) in [4.78, 5) is 22.6. The van der Waals surface area contributed by atoms with Crippen molar-refractivity contribution in [3.63, 3.8) is 0 Å². The summed E-state index contributed by atoms with van der Waals surface area (Å²) in [6, 6.07) is 13.9. The smallest absolute Gasteiger partial charge is 0.312 e. The molecule has 1 aromatic heterocycles. The van der Waals surface area contributed by atoms with Crippen molar-refractivity contribution in [3.05, 3.63) is 84.7 Å². The van der Waals surface area contributed by atoms with Crippen molar-refractivity contribution in [2.45, 2.75) is 13.8 Å². The predicted octanol–water partition coefficient (Wildman–Crippen LogP) is 4.08. The molecule has 8 nitrogen and oxygen atoms in total. The van der Waals surface area contributed by atoms with Crippen LogP contribution in [0.25, 0.3) is 5.69 Å². The number of phenolic OH excluding ortho intramolecular Hbond substituents is 1. The van der Waals surface area contributed by atoms with E-state index in [1.54, 1.807) is 34.7 Å². The molecule has 148 valence electrons. The fourth-order valence-electron chi connectivity index (χ4n) is 2.89. The van der Waals surface area contributed by atoms with Crippen LogP contribution in [-0.4, -0.2) is 26.7 Å². The Kier molecular flexibility index (Phi) is 5.97. The molecule has 0 saturated carbocycles. The average molecular weight is 504 g/mol. The van der Waals surface area contributed by atoms with Crippen molar-refractivity contribution in [2.24, 2.45) is 5.10 Å². The Morgan fingerprint density at radius 1 is 1.17 bits per heavy atom. The number of hydrogen-bond donors (Lipinski definition) is 2. The van der Waals surface area contributed by atoms with Crippen molar-refractivity contribution in [1.29, 1.82) is 0 Å². The summed E-state index contributed by atoms with van der Waals surface area (Å²) in [5, 5.41) is 24.5. The van der Waals surface area contributed by atoms with E-state index < -0.39 is 22.3 Å². The van der Waals surface area contributed by atoms with Gasteiger partial charge in [-0.05, 0) is 78.9 Å². The minimum atomic E-state index is -0.677. The topological polar surface area (TPSA) is 110 Å². The minimum absolute atomic E-state index is 0.316. The minimum Gasteiger partial charge on any atom is -0.501 e. The van der Waals surface area contributed by atoms with Gasteiger partial charge in [-0.25, -0.2) is 5.43 Å². The van der Waals surface area contributed by atoms with Crippen molar-refractivity contribution in [3.8, 4) is 11.4 Å². The molecule has 3 aromatic rings. The molecule has 0 atom stereocenters. The second kappa shape index (κ2) is 8.43. The van der Waals surface area contributed by atoms with Gasteiger partial charge in [-0.1, -0.05) is 0 Å². The van der Waals surface area contributed by atoms with Gasteiger partial charge in [-0.15, -0.1) is 0 Å². The van der Waals surface area contributed by atoms with Gasteiger partial charge in [0.15, 0.2) is 0 Å². The highest BCUT2D eigenvalue weighted by Crippen LogP contribution is 2.31. The highest BCUT2D eigenvalue weighted by Gasteiger charge is 2.17. The maximum atomic E-state index is 12.3. The number of hydrogen-bond acceptors (Lipinski definition) is 5. The lowest BCUT2D eigenvalue weighted by molar-refractivity contribution is -0.386. The van der Waals surface area contributed by atoms with Gasteiger partial charge in [-0.2, -0.15) is 5.10 Å². The van der Waals surface area contributed by atoms with E-state index in [-0.39, 0.29) is 0 Å². The van der Waals surface area contributed by atoms with Gasteiger partial charge >= 0.3 is 5.69 Å². The Morgan fingerprint density at radius 3 is 2.38 bits per heavy atom. The fourth-order valence-corrected chi connectivity index (χ4v) is 3.52. The second-order valence-corrected chi connectivity index (χ2v) is 7.49. The first-order valence-corrected chi connectivity index (χ1v) is 9.61. The molecule has 0 saturated heterocycles. The van der Waals surface area contributed by atoms with E-state index in [1.165, 1.54) is 18.3 Å². The number of benzene rings is 2. The van der Waals surface area contributed by atoms with E-state index >= 15 is 0 Å². The molecule has 1 amide bonds. The number of nitro benzene ring substituents is 1. The Labute approximate surface area is 180 Å². The highest BCUT2D eigenvalue weighted by atomic mass is 127. The Balaban J connectivity index is 1.72. The number of nitro groups is 1. The maximum absolute atomic E-state index is 12.3. The van der Waals surface area contributed by atoms with Gasteiger partial charge in [0.25, 0.3) is 5.91 Å². The van der Waals surface area contributed by atoms with E-state index in [1.807, 2.05) is 38.1 Å². The molecule has 1 heterocycles. The highest BCUT2D eigenvalue weighted by molar-refractivity contribution is 14.1. The van der Waals surface area contributed by atoms with Crippen LogP contribution in [-0.2, 0) is 0 Å². The van der Waals surface area contributed by atoms with Crippen molar-refractivity contribution >= 4 is 40.4 Å². The zero-order valence-electron chi connectivity index (χ0n) is 15.6. The van der Waals surface area contributed by atoms with E-state index in [0.29, 0.717) is 14.7 Å². The van der Waals surface area contributed by atoms with E-state index in [2.05, 4.69) is 15.1 Å². The standard InChI is InChI=1S/C20H17IN4O4/c1-12-3-4-13(2)24(12)16-7-5-15(6-8-16)20(27)23-22-11-14-9-17(21)19(26)18(10-14)25(28)29/h3-11,26H,1-2H3,(H,23,27). The molecule has 0 aliphatic heterocycles. The fraction of sp³-hybridized carbons (Fsp3) is 0.100. The lowest BCUT2D eigenvalue weighted by Crippen LogP contribution is -2.17. The van der Waals surface area contributed by atoms with Crippen LogP contribution < -0.4 is 5.43 Å². The van der Waals surface area contributed by atoms with Crippen LogP contribution in [0.1, 0.15) is 27.3 Å². The van der Waals surface area contributed by atoms with Crippen molar-refractivity contribution in [2.75, 3.05) is 0 Å². The summed E-state index contributed by atoms with van der Waals surface area (Å²) >= 11 is 1.79. The Morgan fingerprint density at radius 2 is 1.79 bits per heavy atom. The molecule has 0 spiro atoms. The number of aromatic hydroxyl groups is 1. The summed E-state index contributed by atoms with van der Waals surface area (Å²) in [6.45, 7) is 4.02. The zero-order chi connectivity index (χ0) is 21.1. The molecule has 29 heavy (non-hydrogen) atoms. The normalized spacial score (nSPS) is 11.0. The monoisotopic (exact) mass is 504 g/mol. The van der Waals surface area contributed by atoms with E-state index in [9.17, 15) is 20.0 Å². The number of hydrazone groups is 1. The third kappa shape index (κ3) is 4.45. The van der Waals surface area contributed by atoms with Crippen LogP contribution >= 0.6 is 22.6 Å². The molecule has 0 bridgehead atoms. The number of carbonyl (C=O) groups excluding carboxylic acids is 1. The molecule has 2 aromatic carbocycles. The molecule has 0 aliphatic rings. The number of aryl methyl sites for hydroxylation is 2. The van der Waals surface area contributed by atoms with Crippen LogP contribution in [0.3, 0.4) is 0 Å². The van der Waals surface area contributed by atoms with Crippen LogP contribution in [0, 0.1) is 27.5 Å². The number of nitrogens with one attached hydrogen (secondary N) is 1. The second-order valence-electron chi connectivity index (χ2n) is 6.33. The number of phenols is 1. The number of halogens is 1. The summed E-state index contributed by atoms with van der Waals surface area (Å²) in [7, 11) is 0. The van der Waals surface area contributed by atoms with Gasteiger partial charge < -0.3 is 9.67 Å². The first-order chi connectivity index (χ1) is 13.8. The maximum Gasteiger partial charge on any atom is 0.312 e. The number of aromatic nitrogens is 1.